The van der Waals surface area contributed by atoms with E-state index in [0.29, 0.717) is 11.6 Å². The smallest absolute Gasteiger partial charge is 0.254 e. The third-order valence-electron chi connectivity index (χ3n) is 3.83. The first kappa shape index (κ1) is 15.8. The van der Waals surface area contributed by atoms with Crippen LogP contribution >= 0.6 is 0 Å². The van der Waals surface area contributed by atoms with E-state index < -0.39 is 0 Å². The highest BCUT2D eigenvalue weighted by Gasteiger charge is 2.20. The van der Waals surface area contributed by atoms with Gasteiger partial charge in [0.2, 0.25) is 0 Å². The van der Waals surface area contributed by atoms with Crippen LogP contribution in [-0.4, -0.2) is 55.6 Å². The third kappa shape index (κ3) is 4.17. The molecule has 1 aromatic rings. The Morgan fingerprint density at radius 3 is 2.90 bits per heavy atom. The van der Waals surface area contributed by atoms with Crippen molar-refractivity contribution >= 4 is 11.7 Å². The molecule has 2 rings (SSSR count). The predicted molar refractivity (Wildman–Crippen MR) is 85.8 cm³/mol. The van der Waals surface area contributed by atoms with Crippen LogP contribution in [0.25, 0.3) is 0 Å². The summed E-state index contributed by atoms with van der Waals surface area (Å²) in [6.07, 6.45) is 5.26. The van der Waals surface area contributed by atoms with Crippen LogP contribution in [0.5, 0.6) is 0 Å². The van der Waals surface area contributed by atoms with E-state index in [0.717, 1.165) is 31.9 Å². The fraction of sp³-hybridized carbons (Fsp3) is 0.625. The second kappa shape index (κ2) is 7.41. The summed E-state index contributed by atoms with van der Waals surface area (Å²) in [5.41, 5.74) is 0.640. The number of piperidine rings is 1. The number of hydrogen-bond acceptors (Lipinski definition) is 4. The summed E-state index contributed by atoms with van der Waals surface area (Å²) < 4.78 is 0. The van der Waals surface area contributed by atoms with Gasteiger partial charge in [0.1, 0.15) is 5.82 Å². The maximum Gasteiger partial charge on any atom is 0.254 e. The van der Waals surface area contributed by atoms with Crippen molar-refractivity contribution < 1.29 is 4.79 Å². The molecule has 1 fully saturated rings. The van der Waals surface area contributed by atoms with E-state index in [1.54, 1.807) is 25.2 Å². The molecule has 1 aliphatic rings. The van der Waals surface area contributed by atoms with Crippen molar-refractivity contribution in [2.45, 2.75) is 32.2 Å². The summed E-state index contributed by atoms with van der Waals surface area (Å²) >= 11 is 0. The minimum Gasteiger partial charge on any atom is -0.355 e. The van der Waals surface area contributed by atoms with Gasteiger partial charge in [-0.2, -0.15) is 0 Å². The first-order valence-corrected chi connectivity index (χ1v) is 7.78. The molecule has 5 nitrogen and oxygen atoms in total. The van der Waals surface area contributed by atoms with E-state index in [-0.39, 0.29) is 5.91 Å². The zero-order valence-electron chi connectivity index (χ0n) is 13.3. The number of anilines is 1. The number of pyridine rings is 1. The molecule has 1 unspecified atom stereocenters. The number of hydrogen-bond donors (Lipinski definition) is 1. The molecule has 1 aromatic heterocycles. The summed E-state index contributed by atoms with van der Waals surface area (Å²) in [6.45, 7) is 5.30. The van der Waals surface area contributed by atoms with Gasteiger partial charge < -0.3 is 15.1 Å². The highest BCUT2D eigenvalue weighted by atomic mass is 16.2. The van der Waals surface area contributed by atoms with Gasteiger partial charge in [0, 0.05) is 39.4 Å². The molecule has 1 N–H and O–H groups in total. The molecule has 0 aliphatic carbocycles. The van der Waals surface area contributed by atoms with E-state index in [4.69, 9.17) is 0 Å². The standard InChI is InChI=1S/C16H26N4O/c1-4-9-17-14-6-5-10-20(12-14)15-8-7-13(11-18-15)16(21)19(2)3/h7-8,11,14,17H,4-6,9-10,12H2,1-3H3. The molecule has 0 saturated carbocycles. The molecule has 1 aliphatic heterocycles. The van der Waals surface area contributed by atoms with Crippen LogP contribution in [0.4, 0.5) is 5.82 Å². The Morgan fingerprint density at radius 1 is 1.48 bits per heavy atom. The number of nitrogens with zero attached hydrogens (tertiary/aromatic N) is 3. The SMILES string of the molecule is CCCNC1CCCN(c2ccc(C(=O)N(C)C)cn2)C1. The van der Waals surface area contributed by atoms with Gasteiger partial charge in [-0.15, -0.1) is 0 Å². The van der Waals surface area contributed by atoms with Crippen LogP contribution in [0.3, 0.4) is 0 Å². The zero-order valence-corrected chi connectivity index (χ0v) is 13.3. The maximum atomic E-state index is 11.9. The first-order valence-electron chi connectivity index (χ1n) is 7.78. The first-order chi connectivity index (χ1) is 10.1. The predicted octanol–water partition coefficient (Wildman–Crippen LogP) is 1.75. The zero-order chi connectivity index (χ0) is 15.2. The Hall–Kier alpha value is -1.62. The number of amides is 1. The van der Waals surface area contributed by atoms with Gasteiger partial charge in [-0.05, 0) is 37.9 Å². The topological polar surface area (TPSA) is 48.5 Å². The minimum absolute atomic E-state index is 0.00446. The van der Waals surface area contributed by atoms with Crippen molar-refractivity contribution in [2.24, 2.45) is 0 Å². The minimum atomic E-state index is -0.00446. The molecule has 0 aromatic carbocycles. The number of aromatic nitrogens is 1. The van der Waals surface area contributed by atoms with Crippen molar-refractivity contribution in [3.05, 3.63) is 23.9 Å². The summed E-state index contributed by atoms with van der Waals surface area (Å²) in [6, 6.07) is 4.37. The van der Waals surface area contributed by atoms with Gasteiger partial charge in [0.05, 0.1) is 5.56 Å². The lowest BCUT2D eigenvalue weighted by Gasteiger charge is -2.34. The van der Waals surface area contributed by atoms with Crippen LogP contribution in [0.2, 0.25) is 0 Å². The Bertz CT molecular complexity index is 458. The Kier molecular flexibility index (Phi) is 5.56. The lowest BCUT2D eigenvalue weighted by Crippen LogP contribution is -2.46. The second-order valence-corrected chi connectivity index (χ2v) is 5.84. The van der Waals surface area contributed by atoms with E-state index in [1.165, 1.54) is 12.8 Å². The van der Waals surface area contributed by atoms with Gasteiger partial charge in [-0.1, -0.05) is 6.92 Å². The summed E-state index contributed by atoms with van der Waals surface area (Å²) in [5.74, 6) is 0.962. The third-order valence-corrected chi connectivity index (χ3v) is 3.83. The number of rotatable bonds is 5. The second-order valence-electron chi connectivity index (χ2n) is 5.84. The van der Waals surface area contributed by atoms with Crippen LogP contribution in [-0.2, 0) is 0 Å². The Labute approximate surface area is 127 Å². The highest BCUT2D eigenvalue weighted by Crippen LogP contribution is 2.18. The number of carbonyl (C=O) groups is 1. The fourth-order valence-corrected chi connectivity index (χ4v) is 2.66. The van der Waals surface area contributed by atoms with Crippen molar-refractivity contribution in [1.82, 2.24) is 15.2 Å². The van der Waals surface area contributed by atoms with Crippen molar-refractivity contribution in [3.8, 4) is 0 Å². The molecular weight excluding hydrogens is 264 g/mol. The fourth-order valence-electron chi connectivity index (χ4n) is 2.66. The average Bonchev–Trinajstić information content (AvgIpc) is 2.52. The molecule has 21 heavy (non-hydrogen) atoms. The van der Waals surface area contributed by atoms with Gasteiger partial charge in [-0.3, -0.25) is 4.79 Å². The molecule has 5 heteroatoms. The molecule has 0 radical (unpaired) electrons. The molecule has 0 bridgehead atoms. The molecule has 1 saturated heterocycles. The Morgan fingerprint density at radius 2 is 2.29 bits per heavy atom. The normalized spacial score (nSPS) is 18.6. The van der Waals surface area contributed by atoms with Crippen LogP contribution in [0.15, 0.2) is 18.3 Å². The molecule has 116 valence electrons. The van der Waals surface area contributed by atoms with Crippen molar-refractivity contribution in [2.75, 3.05) is 38.6 Å². The monoisotopic (exact) mass is 290 g/mol. The maximum absolute atomic E-state index is 11.9. The average molecular weight is 290 g/mol. The van der Waals surface area contributed by atoms with Crippen molar-refractivity contribution in [3.63, 3.8) is 0 Å². The van der Waals surface area contributed by atoms with E-state index >= 15 is 0 Å². The summed E-state index contributed by atoms with van der Waals surface area (Å²) in [7, 11) is 3.51. The molecule has 1 amide bonds. The molecule has 2 heterocycles. The highest BCUT2D eigenvalue weighted by molar-refractivity contribution is 5.93. The van der Waals surface area contributed by atoms with Crippen LogP contribution in [0.1, 0.15) is 36.5 Å². The molecule has 1 atom stereocenters. The lowest BCUT2D eigenvalue weighted by molar-refractivity contribution is 0.0827. The summed E-state index contributed by atoms with van der Waals surface area (Å²) in [4.78, 5) is 20.2. The quantitative estimate of drug-likeness (QED) is 0.897. The largest absolute Gasteiger partial charge is 0.355 e. The van der Waals surface area contributed by atoms with E-state index in [1.807, 2.05) is 12.1 Å². The van der Waals surface area contributed by atoms with Gasteiger partial charge in [0.25, 0.3) is 5.91 Å². The lowest BCUT2D eigenvalue weighted by atomic mass is 10.1. The van der Waals surface area contributed by atoms with Gasteiger partial charge in [-0.25, -0.2) is 4.98 Å². The van der Waals surface area contributed by atoms with E-state index in [2.05, 4.69) is 22.1 Å². The van der Waals surface area contributed by atoms with Gasteiger partial charge in [0.15, 0.2) is 0 Å². The van der Waals surface area contributed by atoms with Gasteiger partial charge >= 0.3 is 0 Å². The number of nitrogens with one attached hydrogen (secondary N) is 1. The number of carbonyl (C=O) groups excluding carboxylic acids is 1. The Balaban J connectivity index is 1.99. The molecule has 0 spiro atoms. The summed E-state index contributed by atoms with van der Waals surface area (Å²) in [5, 5.41) is 3.59. The van der Waals surface area contributed by atoms with E-state index in [9.17, 15) is 4.79 Å². The molecular formula is C16H26N4O. The van der Waals surface area contributed by atoms with Crippen LogP contribution in [0, 0.1) is 0 Å². The van der Waals surface area contributed by atoms with Crippen molar-refractivity contribution in [1.29, 1.82) is 0 Å². The van der Waals surface area contributed by atoms with Crippen LogP contribution < -0.4 is 10.2 Å².